The molecule has 1 atom stereocenters. The van der Waals surface area contributed by atoms with Crippen LogP contribution in [0.25, 0.3) is 10.4 Å². The Kier molecular flexibility index (Phi) is 4.09. The van der Waals surface area contributed by atoms with Gasteiger partial charge in [0.2, 0.25) is 5.91 Å². The number of nitrogens with zero attached hydrogens (tertiary/aromatic N) is 2. The van der Waals surface area contributed by atoms with Crippen molar-refractivity contribution < 1.29 is 9.18 Å². The van der Waals surface area contributed by atoms with Crippen LogP contribution in [0.4, 0.5) is 4.39 Å². The fourth-order valence-electron chi connectivity index (χ4n) is 2.88. The third-order valence-electron chi connectivity index (χ3n) is 4.42. The number of aryl methyl sites for hydroxylation is 1. The Morgan fingerprint density at radius 1 is 1.44 bits per heavy atom. The topological polar surface area (TPSA) is 80.0 Å². The molecule has 2 heterocycles. The number of hydrogen-bond donors (Lipinski definition) is 2. The monoisotopic (exact) mass is 356 g/mol. The number of hydrogen-bond acceptors (Lipinski definition) is 4. The van der Waals surface area contributed by atoms with Crippen LogP contribution in [-0.4, -0.2) is 23.8 Å². The van der Waals surface area contributed by atoms with Gasteiger partial charge in [0.1, 0.15) is 11.9 Å². The highest BCUT2D eigenvalue weighted by Crippen LogP contribution is 2.40. The number of amides is 1. The second-order valence-electron chi connectivity index (χ2n) is 6.36. The van der Waals surface area contributed by atoms with Gasteiger partial charge in [0.15, 0.2) is 5.96 Å². The average molecular weight is 356 g/mol. The molecule has 1 aromatic heterocycles. The van der Waals surface area contributed by atoms with E-state index in [-0.39, 0.29) is 23.9 Å². The summed E-state index contributed by atoms with van der Waals surface area (Å²) >= 11 is 1.49. The van der Waals surface area contributed by atoms with E-state index in [0.29, 0.717) is 0 Å². The van der Waals surface area contributed by atoms with Crippen LogP contribution in [0.5, 0.6) is 0 Å². The summed E-state index contributed by atoms with van der Waals surface area (Å²) in [5, 5.41) is 20.1. The van der Waals surface area contributed by atoms with Gasteiger partial charge in [0.05, 0.1) is 17.5 Å². The summed E-state index contributed by atoms with van der Waals surface area (Å²) < 4.78 is 13.6. The van der Waals surface area contributed by atoms with Crippen molar-refractivity contribution in [3.05, 3.63) is 46.1 Å². The molecular weight excluding hydrogens is 339 g/mol. The first-order chi connectivity index (χ1) is 11.7. The minimum Gasteiger partial charge on any atom is -0.345 e. The number of rotatable bonds is 2. The Labute approximate surface area is 149 Å². The smallest absolute Gasteiger partial charge is 0.231 e. The quantitative estimate of drug-likeness (QED) is 0.866. The fraction of sp³-hybridized carbons (Fsp3) is 0.278. The summed E-state index contributed by atoms with van der Waals surface area (Å²) in [5.41, 5.74) is 1.10. The van der Waals surface area contributed by atoms with Crippen molar-refractivity contribution in [2.45, 2.75) is 25.8 Å². The minimum absolute atomic E-state index is 0.00688. The molecule has 1 aliphatic heterocycles. The first-order valence-corrected chi connectivity index (χ1v) is 8.51. The Balaban J connectivity index is 2.02. The maximum absolute atomic E-state index is 13.6. The summed E-state index contributed by atoms with van der Waals surface area (Å²) in [5.74, 6) is -0.587. The highest BCUT2D eigenvalue weighted by atomic mass is 32.1. The van der Waals surface area contributed by atoms with Crippen molar-refractivity contribution >= 4 is 23.2 Å². The van der Waals surface area contributed by atoms with Crippen LogP contribution in [0.3, 0.4) is 0 Å². The van der Waals surface area contributed by atoms with Gasteiger partial charge in [-0.05, 0) is 43.2 Å². The first kappa shape index (κ1) is 17.1. The largest absolute Gasteiger partial charge is 0.345 e. The van der Waals surface area contributed by atoms with Crippen LogP contribution in [0.1, 0.15) is 29.3 Å². The van der Waals surface area contributed by atoms with E-state index in [9.17, 15) is 9.18 Å². The summed E-state index contributed by atoms with van der Waals surface area (Å²) in [7, 11) is 1.57. The molecule has 3 rings (SSSR count). The molecule has 2 aromatic rings. The van der Waals surface area contributed by atoms with Gasteiger partial charge in [0.25, 0.3) is 0 Å². The molecule has 0 aliphatic carbocycles. The van der Waals surface area contributed by atoms with Gasteiger partial charge in [-0.2, -0.15) is 5.26 Å². The molecular formula is C18H17FN4OS. The van der Waals surface area contributed by atoms with Gasteiger partial charge in [-0.3, -0.25) is 15.1 Å². The van der Waals surface area contributed by atoms with E-state index < -0.39 is 11.4 Å². The van der Waals surface area contributed by atoms with Crippen LogP contribution in [0, 0.1) is 29.5 Å². The molecule has 5 nitrogen and oxygen atoms in total. The van der Waals surface area contributed by atoms with Crippen molar-refractivity contribution in [2.75, 3.05) is 7.05 Å². The van der Waals surface area contributed by atoms with Crippen LogP contribution >= 0.6 is 11.3 Å². The van der Waals surface area contributed by atoms with E-state index in [4.69, 9.17) is 10.7 Å². The van der Waals surface area contributed by atoms with Crippen molar-refractivity contribution in [1.82, 2.24) is 10.2 Å². The van der Waals surface area contributed by atoms with Crippen molar-refractivity contribution in [1.29, 1.82) is 10.7 Å². The molecule has 25 heavy (non-hydrogen) atoms. The molecule has 7 heteroatoms. The molecule has 0 bridgehead atoms. The number of guanidine groups is 1. The zero-order chi connectivity index (χ0) is 18.4. The average Bonchev–Trinajstić information content (AvgIpc) is 2.96. The Morgan fingerprint density at radius 3 is 2.80 bits per heavy atom. The Bertz CT molecular complexity index is 910. The zero-order valence-corrected chi connectivity index (χ0v) is 14.9. The van der Waals surface area contributed by atoms with E-state index in [2.05, 4.69) is 5.32 Å². The normalized spacial score (nSPS) is 20.4. The van der Waals surface area contributed by atoms with Gasteiger partial charge in [-0.15, -0.1) is 11.3 Å². The van der Waals surface area contributed by atoms with Crippen LogP contribution in [0.2, 0.25) is 0 Å². The predicted molar refractivity (Wildman–Crippen MR) is 94.8 cm³/mol. The summed E-state index contributed by atoms with van der Waals surface area (Å²) in [4.78, 5) is 15.3. The number of nitrogens with one attached hydrogen (secondary N) is 2. The number of halogens is 1. The lowest BCUT2D eigenvalue weighted by Crippen LogP contribution is -2.57. The van der Waals surface area contributed by atoms with E-state index in [1.807, 2.05) is 26.0 Å². The number of nitriles is 1. The SMILES string of the molecule is Cc1cc([C@]2(C)CC(=O)N(C)C(=N)N2)sc1-c1ccc(F)c(C#N)c1. The highest BCUT2D eigenvalue weighted by molar-refractivity contribution is 7.15. The van der Waals surface area contributed by atoms with Crippen molar-refractivity contribution in [3.8, 4) is 16.5 Å². The summed E-state index contributed by atoms with van der Waals surface area (Å²) in [6, 6.07) is 8.32. The molecule has 0 saturated carbocycles. The second kappa shape index (κ2) is 5.97. The van der Waals surface area contributed by atoms with Gasteiger partial charge < -0.3 is 5.32 Å². The van der Waals surface area contributed by atoms with Crippen molar-refractivity contribution in [2.24, 2.45) is 0 Å². The van der Waals surface area contributed by atoms with Gasteiger partial charge in [-0.25, -0.2) is 4.39 Å². The minimum atomic E-state index is -0.660. The zero-order valence-electron chi connectivity index (χ0n) is 14.1. The first-order valence-electron chi connectivity index (χ1n) is 7.69. The molecule has 128 valence electrons. The fourth-order valence-corrected chi connectivity index (χ4v) is 4.15. The maximum atomic E-state index is 13.6. The highest BCUT2D eigenvalue weighted by Gasteiger charge is 2.39. The lowest BCUT2D eigenvalue weighted by atomic mass is 9.92. The van der Waals surface area contributed by atoms with Gasteiger partial charge in [-0.1, -0.05) is 6.07 Å². The number of thiophene rings is 1. The van der Waals surface area contributed by atoms with Gasteiger partial charge in [0, 0.05) is 16.8 Å². The van der Waals surface area contributed by atoms with E-state index in [1.54, 1.807) is 13.1 Å². The number of carbonyl (C=O) groups excluding carboxylic acids is 1. The molecule has 1 fully saturated rings. The third-order valence-corrected chi connectivity index (χ3v) is 5.97. The lowest BCUT2D eigenvalue weighted by Gasteiger charge is -2.38. The van der Waals surface area contributed by atoms with Gasteiger partial charge >= 0.3 is 0 Å². The Hall–Kier alpha value is -2.72. The molecule has 1 saturated heterocycles. The molecule has 1 amide bonds. The van der Waals surface area contributed by atoms with Crippen LogP contribution in [0.15, 0.2) is 24.3 Å². The summed E-state index contributed by atoms with van der Waals surface area (Å²) in [6.07, 6.45) is 0.248. The van der Waals surface area contributed by atoms with Crippen LogP contribution in [-0.2, 0) is 10.3 Å². The molecule has 0 unspecified atom stereocenters. The number of carbonyl (C=O) groups is 1. The molecule has 2 N–H and O–H groups in total. The van der Waals surface area contributed by atoms with Crippen molar-refractivity contribution in [3.63, 3.8) is 0 Å². The molecule has 1 aromatic carbocycles. The van der Waals surface area contributed by atoms with E-state index >= 15 is 0 Å². The van der Waals surface area contributed by atoms with Crippen LogP contribution < -0.4 is 5.32 Å². The summed E-state index contributed by atoms with van der Waals surface area (Å²) in [6.45, 7) is 3.84. The number of benzene rings is 1. The standard InChI is InChI=1S/C18H17FN4OS/c1-10-6-14(18(2)8-15(24)23(3)17(21)22-18)25-16(10)11-4-5-13(19)12(7-11)9-20/h4-7H,8H2,1-3H3,(H2,21,22)/t18-/m0/s1. The molecule has 0 radical (unpaired) electrons. The molecule has 1 aliphatic rings. The third kappa shape index (κ3) is 2.89. The lowest BCUT2D eigenvalue weighted by molar-refractivity contribution is -0.129. The molecule has 0 spiro atoms. The Morgan fingerprint density at radius 2 is 2.16 bits per heavy atom. The maximum Gasteiger partial charge on any atom is 0.231 e. The second-order valence-corrected chi connectivity index (χ2v) is 7.42. The predicted octanol–water partition coefficient (Wildman–Crippen LogP) is 3.34. The van der Waals surface area contributed by atoms with E-state index in [1.165, 1.54) is 28.4 Å². The van der Waals surface area contributed by atoms with E-state index in [0.717, 1.165) is 20.9 Å².